The molecule has 1 N–H and O–H groups in total. The van der Waals surface area contributed by atoms with E-state index in [1.807, 2.05) is 0 Å². The number of rotatable bonds is 4. The van der Waals surface area contributed by atoms with E-state index >= 15 is 0 Å². The van der Waals surface area contributed by atoms with Crippen molar-refractivity contribution in [3.8, 4) is 5.75 Å². The number of benzene rings is 1. The molecule has 0 bridgehead atoms. The highest BCUT2D eigenvalue weighted by Crippen LogP contribution is 2.33. The topological polar surface area (TPSA) is 34.1 Å². The lowest BCUT2D eigenvalue weighted by molar-refractivity contribution is 0.354. The zero-order valence-corrected chi connectivity index (χ0v) is 13.1. The molecule has 0 atom stereocenters. The van der Waals surface area contributed by atoms with Crippen molar-refractivity contribution in [1.82, 2.24) is 4.98 Å². The Kier molecular flexibility index (Phi) is 3.75. The Labute approximate surface area is 125 Å². The number of hydrogen-bond acceptors (Lipinski definition) is 4. The van der Waals surface area contributed by atoms with Crippen LogP contribution in [0, 0.1) is 0 Å². The lowest BCUT2D eigenvalue weighted by Crippen LogP contribution is -2.01. The van der Waals surface area contributed by atoms with Crippen LogP contribution in [-0.4, -0.2) is 11.6 Å². The van der Waals surface area contributed by atoms with Gasteiger partial charge in [0.05, 0.1) is 12.3 Å². The summed E-state index contributed by atoms with van der Waals surface area (Å²) in [6.45, 7) is 3.66. The van der Waals surface area contributed by atoms with Gasteiger partial charge in [0.1, 0.15) is 5.75 Å². The van der Waals surface area contributed by atoms with Crippen LogP contribution >= 0.6 is 27.3 Å². The molecule has 1 aliphatic heterocycles. The van der Waals surface area contributed by atoms with E-state index < -0.39 is 0 Å². The third kappa shape index (κ3) is 2.77. The second kappa shape index (κ2) is 5.51. The number of nitrogens with one attached hydrogen (secondary N) is 1. The highest BCUT2D eigenvalue weighted by molar-refractivity contribution is 9.10. The van der Waals surface area contributed by atoms with E-state index in [0.29, 0.717) is 0 Å². The van der Waals surface area contributed by atoms with Gasteiger partial charge in [-0.25, -0.2) is 4.98 Å². The van der Waals surface area contributed by atoms with Crippen LogP contribution < -0.4 is 10.1 Å². The minimum atomic E-state index is 0.748. The average molecular weight is 339 g/mol. The molecule has 0 saturated carbocycles. The summed E-state index contributed by atoms with van der Waals surface area (Å²) in [6.07, 6.45) is 1.98. The number of halogens is 1. The van der Waals surface area contributed by atoms with Gasteiger partial charge in [0.2, 0.25) is 0 Å². The highest BCUT2D eigenvalue weighted by Gasteiger charge is 2.17. The summed E-state index contributed by atoms with van der Waals surface area (Å²) in [5.74, 6) is 1.04. The van der Waals surface area contributed by atoms with Gasteiger partial charge in [0.15, 0.2) is 5.13 Å². The summed E-state index contributed by atoms with van der Waals surface area (Å²) >= 11 is 5.22. The lowest BCUT2D eigenvalue weighted by Gasteiger charge is -2.09. The molecule has 3 rings (SSSR count). The van der Waals surface area contributed by atoms with E-state index in [1.165, 1.54) is 11.1 Å². The molecule has 100 valence electrons. The molecule has 1 aromatic carbocycles. The standard InChI is InChI=1S/C14H15BrN2OS/c1-2-12-8-19-14(17-12)16-7-10-6-11(15)5-9-3-4-18-13(9)10/h5-6,8H,2-4,7H2,1H3,(H,16,17). The Morgan fingerprint density at radius 3 is 3.16 bits per heavy atom. The minimum Gasteiger partial charge on any atom is -0.493 e. The fraction of sp³-hybridized carbons (Fsp3) is 0.357. The smallest absolute Gasteiger partial charge is 0.183 e. The van der Waals surface area contributed by atoms with Gasteiger partial charge in [-0.15, -0.1) is 11.3 Å². The lowest BCUT2D eigenvalue weighted by atomic mass is 10.1. The highest BCUT2D eigenvalue weighted by atomic mass is 79.9. The van der Waals surface area contributed by atoms with Gasteiger partial charge in [-0.2, -0.15) is 0 Å². The van der Waals surface area contributed by atoms with E-state index in [2.05, 4.69) is 50.7 Å². The largest absolute Gasteiger partial charge is 0.493 e. The molecule has 0 saturated heterocycles. The molecule has 1 aliphatic rings. The fourth-order valence-electron chi connectivity index (χ4n) is 2.20. The maximum Gasteiger partial charge on any atom is 0.183 e. The Bertz CT molecular complexity index is 597. The molecule has 0 unspecified atom stereocenters. The number of thiazole rings is 1. The van der Waals surface area contributed by atoms with E-state index in [4.69, 9.17) is 4.74 Å². The van der Waals surface area contributed by atoms with Crippen LogP contribution in [0.25, 0.3) is 0 Å². The first-order valence-electron chi connectivity index (χ1n) is 6.38. The first-order chi connectivity index (χ1) is 9.26. The van der Waals surface area contributed by atoms with E-state index in [1.54, 1.807) is 11.3 Å². The second-order valence-corrected chi connectivity index (χ2v) is 6.28. The van der Waals surface area contributed by atoms with Crippen LogP contribution in [0.1, 0.15) is 23.7 Å². The number of fused-ring (bicyclic) bond motifs is 1. The fourth-order valence-corrected chi connectivity index (χ4v) is 3.54. The molecule has 5 heteroatoms. The van der Waals surface area contributed by atoms with Gasteiger partial charge in [-0.05, 0) is 24.1 Å². The van der Waals surface area contributed by atoms with Crippen molar-refractivity contribution in [3.63, 3.8) is 0 Å². The zero-order chi connectivity index (χ0) is 13.2. The second-order valence-electron chi connectivity index (χ2n) is 4.50. The summed E-state index contributed by atoms with van der Waals surface area (Å²) in [4.78, 5) is 4.51. The van der Waals surface area contributed by atoms with Crippen LogP contribution in [0.5, 0.6) is 5.75 Å². The van der Waals surface area contributed by atoms with Gasteiger partial charge >= 0.3 is 0 Å². The molecule has 0 aliphatic carbocycles. The maximum absolute atomic E-state index is 5.72. The molecular weight excluding hydrogens is 324 g/mol. The summed E-state index contributed by atoms with van der Waals surface area (Å²) in [6, 6.07) is 4.26. The number of ether oxygens (including phenoxy) is 1. The predicted molar refractivity (Wildman–Crippen MR) is 82.2 cm³/mol. The molecule has 0 radical (unpaired) electrons. The Hall–Kier alpha value is -1.07. The minimum absolute atomic E-state index is 0.748. The van der Waals surface area contributed by atoms with E-state index in [9.17, 15) is 0 Å². The number of anilines is 1. The predicted octanol–water partition coefficient (Wildman–Crippen LogP) is 4.02. The van der Waals surface area contributed by atoms with Crippen molar-refractivity contribution in [3.05, 3.63) is 38.8 Å². The average Bonchev–Trinajstić information content (AvgIpc) is 3.03. The molecule has 0 spiro atoms. The van der Waals surface area contributed by atoms with Crippen molar-refractivity contribution in [2.45, 2.75) is 26.3 Å². The van der Waals surface area contributed by atoms with E-state index in [-0.39, 0.29) is 0 Å². The zero-order valence-electron chi connectivity index (χ0n) is 10.7. The van der Waals surface area contributed by atoms with Gasteiger partial charge in [-0.1, -0.05) is 22.9 Å². The molecule has 0 fully saturated rings. The number of nitrogens with zero attached hydrogens (tertiary/aromatic N) is 1. The number of aryl methyl sites for hydroxylation is 1. The van der Waals surface area contributed by atoms with Crippen molar-refractivity contribution < 1.29 is 4.74 Å². The van der Waals surface area contributed by atoms with Crippen molar-refractivity contribution in [2.24, 2.45) is 0 Å². The molecule has 1 aromatic heterocycles. The maximum atomic E-state index is 5.72. The summed E-state index contributed by atoms with van der Waals surface area (Å²) in [5, 5.41) is 6.46. The van der Waals surface area contributed by atoms with Crippen LogP contribution in [-0.2, 0) is 19.4 Å². The normalized spacial score (nSPS) is 13.2. The van der Waals surface area contributed by atoms with Gasteiger partial charge in [0, 0.05) is 28.4 Å². The summed E-state index contributed by atoms with van der Waals surface area (Å²) in [7, 11) is 0. The van der Waals surface area contributed by atoms with Gasteiger partial charge in [0.25, 0.3) is 0 Å². The SMILES string of the molecule is CCc1csc(NCc2cc(Br)cc3c2OCC3)n1. The third-order valence-electron chi connectivity index (χ3n) is 3.17. The Morgan fingerprint density at radius 2 is 2.37 bits per heavy atom. The van der Waals surface area contributed by atoms with Crippen LogP contribution in [0.2, 0.25) is 0 Å². The van der Waals surface area contributed by atoms with E-state index in [0.717, 1.165) is 47.0 Å². The van der Waals surface area contributed by atoms with Crippen LogP contribution in [0.3, 0.4) is 0 Å². The Morgan fingerprint density at radius 1 is 1.47 bits per heavy atom. The number of aromatic nitrogens is 1. The van der Waals surface area contributed by atoms with Gasteiger partial charge in [-0.3, -0.25) is 0 Å². The quantitative estimate of drug-likeness (QED) is 0.914. The Balaban J connectivity index is 1.76. The molecule has 2 aromatic rings. The van der Waals surface area contributed by atoms with Crippen molar-refractivity contribution >= 4 is 32.4 Å². The monoisotopic (exact) mass is 338 g/mol. The van der Waals surface area contributed by atoms with Crippen molar-refractivity contribution in [2.75, 3.05) is 11.9 Å². The molecular formula is C14H15BrN2OS. The molecule has 0 amide bonds. The summed E-state index contributed by atoms with van der Waals surface area (Å²) in [5.41, 5.74) is 3.62. The van der Waals surface area contributed by atoms with Crippen LogP contribution in [0.4, 0.5) is 5.13 Å². The molecule has 19 heavy (non-hydrogen) atoms. The summed E-state index contributed by atoms with van der Waals surface area (Å²) < 4.78 is 6.83. The first kappa shape index (κ1) is 12.9. The third-order valence-corrected chi connectivity index (χ3v) is 4.48. The van der Waals surface area contributed by atoms with Gasteiger partial charge < -0.3 is 10.1 Å². The van der Waals surface area contributed by atoms with Crippen molar-refractivity contribution in [1.29, 1.82) is 0 Å². The van der Waals surface area contributed by atoms with Crippen LogP contribution in [0.15, 0.2) is 22.0 Å². The number of hydrogen-bond donors (Lipinski definition) is 1. The molecule has 3 nitrogen and oxygen atoms in total. The molecule has 2 heterocycles. The first-order valence-corrected chi connectivity index (χ1v) is 8.06.